The number of carbonyl (C=O) groups excluding carboxylic acids is 1. The quantitative estimate of drug-likeness (QED) is 0.726. The minimum atomic E-state index is -0.201. The van der Waals surface area contributed by atoms with Crippen molar-refractivity contribution in [3.8, 4) is 0 Å². The Morgan fingerprint density at radius 3 is 3.18 bits per heavy atom. The normalized spacial score (nSPS) is 16.5. The highest BCUT2D eigenvalue weighted by atomic mass is 16.5. The Labute approximate surface area is 101 Å². The van der Waals surface area contributed by atoms with Crippen molar-refractivity contribution in [2.45, 2.75) is 13.3 Å². The average molecular weight is 229 g/mol. The van der Waals surface area contributed by atoms with Crippen LogP contribution in [0.5, 0.6) is 0 Å². The summed E-state index contributed by atoms with van der Waals surface area (Å²) in [5, 5.41) is 0. The smallest absolute Gasteiger partial charge is 0.338 e. The summed E-state index contributed by atoms with van der Waals surface area (Å²) in [6, 6.07) is 6.18. The van der Waals surface area contributed by atoms with E-state index in [2.05, 4.69) is 11.0 Å². The fraction of sp³-hybridized carbons (Fsp3) is 0.357. The van der Waals surface area contributed by atoms with Gasteiger partial charge in [-0.05, 0) is 18.9 Å². The Hall–Kier alpha value is -1.77. The summed E-state index contributed by atoms with van der Waals surface area (Å²) in [5.41, 5.74) is 4.34. The van der Waals surface area contributed by atoms with Crippen LogP contribution in [0.4, 0.5) is 5.69 Å². The third kappa shape index (κ3) is 1.54. The standard InChI is InChI=1S/C14H15NO2/c1-2-17-14(16)12-7-9-15-8-6-10-4-3-5-11(12)13(10)15/h3-5,7H,2,6,8-9H2,1H3. The molecular formula is C14H15NO2. The van der Waals surface area contributed by atoms with E-state index in [4.69, 9.17) is 4.74 Å². The van der Waals surface area contributed by atoms with Crippen LogP contribution in [0.15, 0.2) is 24.3 Å². The third-order valence-electron chi connectivity index (χ3n) is 3.39. The Morgan fingerprint density at radius 2 is 2.35 bits per heavy atom. The van der Waals surface area contributed by atoms with Gasteiger partial charge in [0, 0.05) is 24.3 Å². The molecule has 3 heteroatoms. The maximum atomic E-state index is 11.9. The first kappa shape index (κ1) is 10.4. The lowest BCUT2D eigenvalue weighted by atomic mass is 9.97. The van der Waals surface area contributed by atoms with Gasteiger partial charge in [-0.25, -0.2) is 4.79 Å². The molecule has 0 radical (unpaired) electrons. The highest BCUT2D eigenvalue weighted by Gasteiger charge is 2.29. The molecule has 0 unspecified atom stereocenters. The van der Waals surface area contributed by atoms with Crippen LogP contribution in [0.3, 0.4) is 0 Å². The first-order chi connectivity index (χ1) is 8.31. The van der Waals surface area contributed by atoms with E-state index in [9.17, 15) is 4.79 Å². The maximum Gasteiger partial charge on any atom is 0.338 e. The van der Waals surface area contributed by atoms with Crippen LogP contribution in [0.1, 0.15) is 18.1 Å². The molecule has 0 spiro atoms. The predicted molar refractivity (Wildman–Crippen MR) is 67.0 cm³/mol. The van der Waals surface area contributed by atoms with Gasteiger partial charge in [-0.2, -0.15) is 0 Å². The van der Waals surface area contributed by atoms with Gasteiger partial charge < -0.3 is 9.64 Å². The highest BCUT2D eigenvalue weighted by molar-refractivity contribution is 6.19. The number of benzene rings is 1. The number of hydrogen-bond acceptors (Lipinski definition) is 3. The van der Waals surface area contributed by atoms with Crippen molar-refractivity contribution in [2.75, 3.05) is 24.6 Å². The summed E-state index contributed by atoms with van der Waals surface area (Å²) in [5.74, 6) is -0.201. The third-order valence-corrected chi connectivity index (χ3v) is 3.39. The van der Waals surface area contributed by atoms with E-state index in [1.807, 2.05) is 25.1 Å². The molecule has 88 valence electrons. The number of para-hydroxylation sites is 1. The van der Waals surface area contributed by atoms with Gasteiger partial charge in [0.05, 0.1) is 12.2 Å². The Kier molecular flexibility index (Phi) is 2.39. The largest absolute Gasteiger partial charge is 0.462 e. The number of carbonyl (C=O) groups is 1. The molecule has 0 saturated carbocycles. The summed E-state index contributed by atoms with van der Waals surface area (Å²) >= 11 is 0. The lowest BCUT2D eigenvalue weighted by Gasteiger charge is -2.26. The van der Waals surface area contributed by atoms with Crippen molar-refractivity contribution in [3.05, 3.63) is 35.4 Å². The molecule has 1 aromatic rings. The van der Waals surface area contributed by atoms with Gasteiger partial charge in [-0.1, -0.05) is 24.3 Å². The fourth-order valence-electron chi connectivity index (χ4n) is 2.65. The summed E-state index contributed by atoms with van der Waals surface area (Å²) in [6.45, 7) is 4.13. The monoisotopic (exact) mass is 229 g/mol. The van der Waals surface area contributed by atoms with Gasteiger partial charge in [-0.15, -0.1) is 0 Å². The molecule has 0 bridgehead atoms. The molecule has 0 atom stereocenters. The van der Waals surface area contributed by atoms with Gasteiger partial charge in [0.1, 0.15) is 0 Å². The molecular weight excluding hydrogens is 214 g/mol. The SMILES string of the molecule is CCOC(=O)C1=CCN2CCc3cccc1c32. The van der Waals surface area contributed by atoms with Crippen molar-refractivity contribution in [2.24, 2.45) is 0 Å². The van der Waals surface area contributed by atoms with Crippen molar-refractivity contribution in [1.82, 2.24) is 0 Å². The van der Waals surface area contributed by atoms with E-state index >= 15 is 0 Å². The van der Waals surface area contributed by atoms with Crippen LogP contribution in [-0.4, -0.2) is 25.7 Å². The van der Waals surface area contributed by atoms with Crippen LogP contribution in [0.25, 0.3) is 5.57 Å². The Morgan fingerprint density at radius 1 is 1.47 bits per heavy atom. The van der Waals surface area contributed by atoms with Gasteiger partial charge in [0.25, 0.3) is 0 Å². The van der Waals surface area contributed by atoms with E-state index in [1.54, 1.807) is 0 Å². The number of rotatable bonds is 2. The van der Waals surface area contributed by atoms with Crippen LogP contribution in [0, 0.1) is 0 Å². The molecule has 1 aromatic carbocycles. The van der Waals surface area contributed by atoms with Crippen molar-refractivity contribution < 1.29 is 9.53 Å². The maximum absolute atomic E-state index is 11.9. The lowest BCUT2D eigenvalue weighted by Crippen LogP contribution is -2.26. The summed E-state index contributed by atoms with van der Waals surface area (Å²) < 4.78 is 5.11. The van der Waals surface area contributed by atoms with E-state index < -0.39 is 0 Å². The Balaban J connectivity index is 2.06. The molecule has 3 nitrogen and oxygen atoms in total. The molecule has 0 saturated heterocycles. The van der Waals surface area contributed by atoms with Gasteiger partial charge in [0.15, 0.2) is 0 Å². The van der Waals surface area contributed by atoms with E-state index in [1.165, 1.54) is 11.3 Å². The van der Waals surface area contributed by atoms with Crippen molar-refractivity contribution >= 4 is 17.2 Å². The molecule has 17 heavy (non-hydrogen) atoms. The second-order valence-electron chi connectivity index (χ2n) is 4.35. The molecule has 2 aliphatic rings. The lowest BCUT2D eigenvalue weighted by molar-refractivity contribution is -0.136. The Bertz CT molecular complexity index is 505. The highest BCUT2D eigenvalue weighted by Crippen LogP contribution is 2.38. The minimum Gasteiger partial charge on any atom is -0.462 e. The molecule has 3 rings (SSSR count). The molecule has 0 fully saturated rings. The van der Waals surface area contributed by atoms with E-state index in [-0.39, 0.29) is 5.97 Å². The number of ether oxygens (including phenoxy) is 1. The molecule has 2 heterocycles. The van der Waals surface area contributed by atoms with Gasteiger partial charge in [-0.3, -0.25) is 0 Å². The first-order valence-electron chi connectivity index (χ1n) is 6.05. The van der Waals surface area contributed by atoms with Crippen molar-refractivity contribution in [3.63, 3.8) is 0 Å². The van der Waals surface area contributed by atoms with Crippen LogP contribution in [-0.2, 0) is 16.0 Å². The zero-order valence-corrected chi connectivity index (χ0v) is 9.90. The number of nitrogens with zero attached hydrogens (tertiary/aromatic N) is 1. The zero-order chi connectivity index (χ0) is 11.8. The molecule has 0 amide bonds. The topological polar surface area (TPSA) is 29.5 Å². The molecule has 2 aliphatic heterocycles. The van der Waals surface area contributed by atoms with Crippen LogP contribution in [0.2, 0.25) is 0 Å². The number of esters is 1. The first-order valence-corrected chi connectivity index (χ1v) is 6.05. The average Bonchev–Trinajstić information content (AvgIpc) is 2.76. The molecule has 0 aromatic heterocycles. The summed E-state index contributed by atoms with van der Waals surface area (Å²) in [4.78, 5) is 14.2. The molecule has 0 N–H and O–H groups in total. The zero-order valence-electron chi connectivity index (χ0n) is 9.90. The van der Waals surface area contributed by atoms with Gasteiger partial charge >= 0.3 is 5.97 Å². The minimum absolute atomic E-state index is 0.201. The molecule has 0 aliphatic carbocycles. The summed E-state index contributed by atoms with van der Waals surface area (Å²) in [7, 11) is 0. The fourth-order valence-corrected chi connectivity index (χ4v) is 2.65. The summed E-state index contributed by atoms with van der Waals surface area (Å²) in [6.07, 6.45) is 3.06. The van der Waals surface area contributed by atoms with E-state index in [0.29, 0.717) is 6.61 Å². The number of hydrogen-bond donors (Lipinski definition) is 0. The van der Waals surface area contributed by atoms with Crippen molar-refractivity contribution in [1.29, 1.82) is 0 Å². The van der Waals surface area contributed by atoms with Gasteiger partial charge in [0.2, 0.25) is 0 Å². The second kappa shape index (κ2) is 3.91. The van der Waals surface area contributed by atoms with Crippen LogP contribution < -0.4 is 4.90 Å². The van der Waals surface area contributed by atoms with Crippen LogP contribution >= 0.6 is 0 Å². The predicted octanol–water partition coefficient (Wildman–Crippen LogP) is 2.01. The van der Waals surface area contributed by atoms with E-state index in [0.717, 1.165) is 30.6 Å². The number of anilines is 1. The second-order valence-corrected chi connectivity index (χ2v) is 4.35.